The highest BCUT2D eigenvalue weighted by Gasteiger charge is 2.09. The fourth-order valence-electron chi connectivity index (χ4n) is 1.36. The van der Waals surface area contributed by atoms with Crippen LogP contribution in [0.5, 0.6) is 11.5 Å². The number of anilines is 2. The summed E-state index contributed by atoms with van der Waals surface area (Å²) < 4.78 is 11.3. The molecule has 0 bridgehead atoms. The third-order valence-electron chi connectivity index (χ3n) is 2.29. The third-order valence-corrected chi connectivity index (χ3v) is 2.29. The molecule has 0 atom stereocenters. The maximum Gasteiger partial charge on any atom is 0.146 e. The van der Waals surface area contributed by atoms with Gasteiger partial charge in [-0.2, -0.15) is 0 Å². The molecule has 0 amide bonds. The van der Waals surface area contributed by atoms with E-state index < -0.39 is 0 Å². The standard InChI is InChI=1S/C14H24N2O2/c1-9(2)7-17-13-6-14(18-8-10(3)4)12(16)5-11(13)15/h5-6,9-10H,7-8,15-16H2,1-4H3. The fourth-order valence-corrected chi connectivity index (χ4v) is 1.36. The number of hydrogen-bond acceptors (Lipinski definition) is 4. The lowest BCUT2D eigenvalue weighted by molar-refractivity contribution is 0.259. The van der Waals surface area contributed by atoms with Crippen LogP contribution in [0, 0.1) is 11.8 Å². The Labute approximate surface area is 109 Å². The fraction of sp³-hybridized carbons (Fsp3) is 0.571. The average Bonchev–Trinajstić information content (AvgIpc) is 2.26. The molecule has 4 N–H and O–H groups in total. The van der Waals surface area contributed by atoms with Gasteiger partial charge in [-0.25, -0.2) is 0 Å². The molecule has 18 heavy (non-hydrogen) atoms. The van der Waals surface area contributed by atoms with Gasteiger partial charge < -0.3 is 20.9 Å². The summed E-state index contributed by atoms with van der Waals surface area (Å²) in [6, 6.07) is 3.46. The molecule has 0 aliphatic heterocycles. The minimum atomic E-state index is 0.446. The second kappa shape index (κ2) is 6.38. The predicted molar refractivity (Wildman–Crippen MR) is 75.9 cm³/mol. The smallest absolute Gasteiger partial charge is 0.146 e. The zero-order chi connectivity index (χ0) is 13.7. The van der Waals surface area contributed by atoms with E-state index in [1.165, 1.54) is 0 Å². The number of hydrogen-bond donors (Lipinski definition) is 2. The Balaban J connectivity index is 2.81. The van der Waals surface area contributed by atoms with Crippen LogP contribution in [0.15, 0.2) is 12.1 Å². The van der Waals surface area contributed by atoms with Crippen LogP contribution in [0.25, 0.3) is 0 Å². The summed E-state index contributed by atoms with van der Waals surface area (Å²) in [6.07, 6.45) is 0. The average molecular weight is 252 g/mol. The number of nitrogens with two attached hydrogens (primary N) is 2. The normalized spacial score (nSPS) is 11.0. The Bertz CT molecular complexity index is 356. The van der Waals surface area contributed by atoms with E-state index in [1.54, 1.807) is 12.1 Å². The summed E-state index contributed by atoms with van der Waals surface area (Å²) in [5.74, 6) is 2.16. The van der Waals surface area contributed by atoms with E-state index in [-0.39, 0.29) is 0 Å². The van der Waals surface area contributed by atoms with Crippen LogP contribution in [0.1, 0.15) is 27.7 Å². The molecule has 4 nitrogen and oxygen atoms in total. The van der Waals surface area contributed by atoms with Crippen molar-refractivity contribution in [2.75, 3.05) is 24.7 Å². The molecule has 0 heterocycles. The summed E-state index contributed by atoms with van der Waals surface area (Å²) in [5.41, 5.74) is 12.8. The monoisotopic (exact) mass is 252 g/mol. The second-order valence-corrected chi connectivity index (χ2v) is 5.34. The molecule has 0 unspecified atom stereocenters. The predicted octanol–water partition coefficient (Wildman–Crippen LogP) is 2.92. The van der Waals surface area contributed by atoms with Gasteiger partial charge in [-0.15, -0.1) is 0 Å². The van der Waals surface area contributed by atoms with Crippen molar-refractivity contribution >= 4 is 11.4 Å². The quantitative estimate of drug-likeness (QED) is 0.764. The molecule has 0 saturated carbocycles. The SMILES string of the molecule is CC(C)COc1cc(OCC(C)C)c(N)cc1N. The van der Waals surface area contributed by atoms with E-state index >= 15 is 0 Å². The Hall–Kier alpha value is -1.58. The highest BCUT2D eigenvalue weighted by Crippen LogP contribution is 2.33. The molecule has 102 valence electrons. The van der Waals surface area contributed by atoms with Gasteiger partial charge in [0.2, 0.25) is 0 Å². The zero-order valence-electron chi connectivity index (χ0n) is 11.7. The van der Waals surface area contributed by atoms with Crippen LogP contribution < -0.4 is 20.9 Å². The Morgan fingerprint density at radius 1 is 0.833 bits per heavy atom. The molecule has 0 aliphatic rings. The summed E-state index contributed by atoms with van der Waals surface area (Å²) in [7, 11) is 0. The van der Waals surface area contributed by atoms with Crippen LogP contribution in [0.4, 0.5) is 11.4 Å². The number of rotatable bonds is 6. The number of nitrogen functional groups attached to an aromatic ring is 2. The molecule has 0 fully saturated rings. The molecule has 0 radical (unpaired) electrons. The van der Waals surface area contributed by atoms with Crippen molar-refractivity contribution < 1.29 is 9.47 Å². The van der Waals surface area contributed by atoms with E-state index in [0.717, 1.165) is 0 Å². The largest absolute Gasteiger partial charge is 0.491 e. The van der Waals surface area contributed by atoms with Gasteiger partial charge in [0, 0.05) is 6.07 Å². The van der Waals surface area contributed by atoms with Crippen molar-refractivity contribution in [2.24, 2.45) is 11.8 Å². The summed E-state index contributed by atoms with van der Waals surface area (Å²) >= 11 is 0. The van der Waals surface area contributed by atoms with Gasteiger partial charge in [0.1, 0.15) is 11.5 Å². The first-order valence-electron chi connectivity index (χ1n) is 6.34. The van der Waals surface area contributed by atoms with E-state index in [9.17, 15) is 0 Å². The minimum absolute atomic E-state index is 0.446. The first-order valence-corrected chi connectivity index (χ1v) is 6.34. The first kappa shape index (κ1) is 14.5. The lowest BCUT2D eigenvalue weighted by atomic mass is 10.2. The highest BCUT2D eigenvalue weighted by molar-refractivity contribution is 5.67. The molecule has 0 spiro atoms. The molecular formula is C14H24N2O2. The van der Waals surface area contributed by atoms with Gasteiger partial charge in [0.25, 0.3) is 0 Å². The van der Waals surface area contributed by atoms with E-state index in [4.69, 9.17) is 20.9 Å². The second-order valence-electron chi connectivity index (χ2n) is 5.34. The number of ether oxygens (including phenoxy) is 2. The molecule has 0 aromatic heterocycles. The van der Waals surface area contributed by atoms with Crippen LogP contribution in [-0.4, -0.2) is 13.2 Å². The van der Waals surface area contributed by atoms with E-state index in [0.29, 0.717) is 47.9 Å². The molecule has 1 aromatic carbocycles. The lowest BCUT2D eigenvalue weighted by Gasteiger charge is -2.15. The van der Waals surface area contributed by atoms with Crippen molar-refractivity contribution in [3.05, 3.63) is 12.1 Å². The van der Waals surface area contributed by atoms with Gasteiger partial charge in [-0.05, 0) is 17.9 Å². The van der Waals surface area contributed by atoms with Crippen molar-refractivity contribution in [2.45, 2.75) is 27.7 Å². The molecule has 1 aromatic rings. The van der Waals surface area contributed by atoms with Crippen molar-refractivity contribution in [1.29, 1.82) is 0 Å². The Morgan fingerprint density at radius 2 is 1.22 bits per heavy atom. The van der Waals surface area contributed by atoms with Crippen LogP contribution in [-0.2, 0) is 0 Å². The van der Waals surface area contributed by atoms with E-state index in [1.807, 2.05) is 0 Å². The van der Waals surface area contributed by atoms with Crippen LogP contribution >= 0.6 is 0 Å². The van der Waals surface area contributed by atoms with Crippen molar-refractivity contribution in [3.8, 4) is 11.5 Å². The van der Waals surface area contributed by atoms with Gasteiger partial charge in [-0.1, -0.05) is 27.7 Å². The molecule has 4 heteroatoms. The Kier molecular flexibility index (Phi) is 5.13. The molecule has 1 rings (SSSR count). The van der Waals surface area contributed by atoms with Crippen molar-refractivity contribution in [3.63, 3.8) is 0 Å². The Morgan fingerprint density at radius 3 is 1.56 bits per heavy atom. The summed E-state index contributed by atoms with van der Waals surface area (Å²) in [5, 5.41) is 0. The molecule has 0 saturated heterocycles. The highest BCUT2D eigenvalue weighted by atomic mass is 16.5. The summed E-state index contributed by atoms with van der Waals surface area (Å²) in [4.78, 5) is 0. The molecule has 0 aliphatic carbocycles. The molecular weight excluding hydrogens is 228 g/mol. The lowest BCUT2D eigenvalue weighted by Crippen LogP contribution is -2.09. The van der Waals surface area contributed by atoms with Gasteiger partial charge in [-0.3, -0.25) is 0 Å². The van der Waals surface area contributed by atoms with Gasteiger partial charge in [0.15, 0.2) is 0 Å². The van der Waals surface area contributed by atoms with E-state index in [2.05, 4.69) is 27.7 Å². The van der Waals surface area contributed by atoms with Gasteiger partial charge in [0.05, 0.1) is 24.6 Å². The summed E-state index contributed by atoms with van der Waals surface area (Å²) in [6.45, 7) is 9.59. The zero-order valence-corrected chi connectivity index (χ0v) is 11.7. The first-order chi connectivity index (χ1) is 8.40. The third kappa shape index (κ3) is 4.35. The van der Waals surface area contributed by atoms with Crippen LogP contribution in [0.2, 0.25) is 0 Å². The van der Waals surface area contributed by atoms with Crippen LogP contribution in [0.3, 0.4) is 0 Å². The maximum absolute atomic E-state index is 5.87. The topological polar surface area (TPSA) is 70.5 Å². The van der Waals surface area contributed by atoms with Gasteiger partial charge >= 0.3 is 0 Å². The maximum atomic E-state index is 5.87. The minimum Gasteiger partial charge on any atom is -0.491 e. The van der Waals surface area contributed by atoms with Crippen molar-refractivity contribution in [1.82, 2.24) is 0 Å². The number of benzene rings is 1.